The molecule has 0 aliphatic carbocycles. The molecule has 0 amide bonds. The summed E-state index contributed by atoms with van der Waals surface area (Å²) in [4.78, 5) is 0. The molecule has 4 heteroatoms. The third kappa shape index (κ3) is 2.71. The van der Waals surface area contributed by atoms with Crippen molar-refractivity contribution in [3.63, 3.8) is 0 Å². The quantitative estimate of drug-likeness (QED) is 0.764. The van der Waals surface area contributed by atoms with Gasteiger partial charge < -0.3 is 5.11 Å². The van der Waals surface area contributed by atoms with Crippen LogP contribution in [-0.2, 0) is 0 Å². The average molecular weight is 299 g/mol. The molecule has 2 aromatic carbocycles. The lowest BCUT2D eigenvalue weighted by molar-refractivity contribution is 0.221. The SMILES string of the molecule is Cc1ccc(C(O)c2cn[nH]c2-c2ccccc2)cc1Cl. The van der Waals surface area contributed by atoms with Crippen LogP contribution in [0.5, 0.6) is 0 Å². The van der Waals surface area contributed by atoms with Gasteiger partial charge in [0.05, 0.1) is 11.9 Å². The second-order valence-corrected chi connectivity index (χ2v) is 5.38. The lowest BCUT2D eigenvalue weighted by atomic mass is 9.98. The molecule has 0 spiro atoms. The highest BCUT2D eigenvalue weighted by Gasteiger charge is 2.18. The largest absolute Gasteiger partial charge is 0.384 e. The van der Waals surface area contributed by atoms with Crippen molar-refractivity contribution in [3.05, 3.63) is 76.4 Å². The maximum atomic E-state index is 10.6. The number of aryl methyl sites for hydroxylation is 1. The number of halogens is 1. The van der Waals surface area contributed by atoms with Crippen LogP contribution >= 0.6 is 11.6 Å². The van der Waals surface area contributed by atoms with Crippen LogP contribution in [0.3, 0.4) is 0 Å². The number of aromatic nitrogens is 2. The van der Waals surface area contributed by atoms with E-state index in [0.717, 1.165) is 27.9 Å². The Morgan fingerprint density at radius 1 is 1.14 bits per heavy atom. The van der Waals surface area contributed by atoms with Gasteiger partial charge >= 0.3 is 0 Å². The standard InChI is InChI=1S/C17H15ClN2O/c1-11-7-8-13(9-15(11)18)17(21)14-10-19-20-16(14)12-5-3-2-4-6-12/h2-10,17,21H,1H3,(H,19,20). The Morgan fingerprint density at radius 3 is 2.62 bits per heavy atom. The zero-order valence-corrected chi connectivity index (χ0v) is 12.3. The summed E-state index contributed by atoms with van der Waals surface area (Å²) in [5, 5.41) is 18.3. The summed E-state index contributed by atoms with van der Waals surface area (Å²) in [6.07, 6.45) is 0.887. The third-order valence-corrected chi connectivity index (χ3v) is 3.94. The molecule has 0 aliphatic heterocycles. The van der Waals surface area contributed by atoms with E-state index in [1.165, 1.54) is 0 Å². The molecule has 0 saturated heterocycles. The number of hydrogen-bond acceptors (Lipinski definition) is 2. The van der Waals surface area contributed by atoms with Gasteiger partial charge in [0.25, 0.3) is 0 Å². The van der Waals surface area contributed by atoms with Crippen molar-refractivity contribution in [2.45, 2.75) is 13.0 Å². The van der Waals surface area contributed by atoms with Gasteiger partial charge in [-0.05, 0) is 29.7 Å². The monoisotopic (exact) mass is 298 g/mol. The summed E-state index contributed by atoms with van der Waals surface area (Å²) < 4.78 is 0. The van der Waals surface area contributed by atoms with E-state index in [0.29, 0.717) is 5.02 Å². The highest BCUT2D eigenvalue weighted by molar-refractivity contribution is 6.31. The highest BCUT2D eigenvalue weighted by Crippen LogP contribution is 2.31. The summed E-state index contributed by atoms with van der Waals surface area (Å²) in [5.74, 6) is 0. The van der Waals surface area contributed by atoms with E-state index in [2.05, 4.69) is 10.2 Å². The Kier molecular flexibility index (Phi) is 3.78. The average Bonchev–Trinajstić information content (AvgIpc) is 2.99. The summed E-state index contributed by atoms with van der Waals surface area (Å²) >= 11 is 6.14. The second-order valence-electron chi connectivity index (χ2n) is 4.98. The van der Waals surface area contributed by atoms with Crippen molar-refractivity contribution < 1.29 is 5.11 Å². The zero-order valence-electron chi connectivity index (χ0n) is 11.5. The molecule has 21 heavy (non-hydrogen) atoms. The van der Waals surface area contributed by atoms with Gasteiger partial charge in [0.1, 0.15) is 6.10 Å². The second kappa shape index (κ2) is 5.72. The molecule has 0 saturated carbocycles. The number of aliphatic hydroxyl groups is 1. The van der Waals surface area contributed by atoms with Crippen LogP contribution in [0.1, 0.15) is 22.8 Å². The number of rotatable bonds is 3. The minimum Gasteiger partial charge on any atom is -0.384 e. The van der Waals surface area contributed by atoms with Crippen molar-refractivity contribution in [1.29, 1.82) is 0 Å². The predicted molar refractivity (Wildman–Crippen MR) is 84.3 cm³/mol. The lowest BCUT2D eigenvalue weighted by Crippen LogP contribution is -2.00. The van der Waals surface area contributed by atoms with Crippen LogP contribution < -0.4 is 0 Å². The van der Waals surface area contributed by atoms with Gasteiger partial charge in [-0.2, -0.15) is 5.10 Å². The normalized spacial score (nSPS) is 12.3. The van der Waals surface area contributed by atoms with Gasteiger partial charge in [0.15, 0.2) is 0 Å². The molecule has 3 aromatic rings. The maximum absolute atomic E-state index is 10.6. The van der Waals surface area contributed by atoms with Crippen molar-refractivity contribution in [2.24, 2.45) is 0 Å². The van der Waals surface area contributed by atoms with E-state index in [4.69, 9.17) is 11.6 Å². The molecular weight excluding hydrogens is 284 g/mol. The molecule has 1 heterocycles. The van der Waals surface area contributed by atoms with Gasteiger partial charge in [0, 0.05) is 10.6 Å². The molecular formula is C17H15ClN2O. The van der Waals surface area contributed by atoms with Crippen LogP contribution in [0, 0.1) is 6.92 Å². The number of aromatic amines is 1. The molecule has 1 aromatic heterocycles. The molecule has 1 unspecified atom stereocenters. The summed E-state index contributed by atoms with van der Waals surface area (Å²) in [7, 11) is 0. The molecule has 1 atom stereocenters. The van der Waals surface area contributed by atoms with E-state index in [9.17, 15) is 5.11 Å². The highest BCUT2D eigenvalue weighted by atomic mass is 35.5. The van der Waals surface area contributed by atoms with Gasteiger partial charge in [-0.25, -0.2) is 0 Å². The third-order valence-electron chi connectivity index (χ3n) is 3.54. The van der Waals surface area contributed by atoms with E-state index >= 15 is 0 Å². The number of H-pyrrole nitrogens is 1. The van der Waals surface area contributed by atoms with E-state index in [1.807, 2.05) is 49.4 Å². The molecule has 106 valence electrons. The Balaban J connectivity index is 2.01. The summed E-state index contributed by atoms with van der Waals surface area (Å²) in [6, 6.07) is 15.4. The van der Waals surface area contributed by atoms with Gasteiger partial charge in [-0.15, -0.1) is 0 Å². The number of nitrogens with one attached hydrogen (secondary N) is 1. The summed E-state index contributed by atoms with van der Waals surface area (Å²) in [6.45, 7) is 1.94. The van der Waals surface area contributed by atoms with Crippen molar-refractivity contribution in [1.82, 2.24) is 10.2 Å². The fourth-order valence-corrected chi connectivity index (χ4v) is 2.49. The van der Waals surface area contributed by atoms with Gasteiger partial charge in [-0.3, -0.25) is 5.10 Å². The fraction of sp³-hybridized carbons (Fsp3) is 0.118. The van der Waals surface area contributed by atoms with Crippen molar-refractivity contribution >= 4 is 11.6 Å². The molecule has 3 rings (SSSR count). The van der Waals surface area contributed by atoms with E-state index in [1.54, 1.807) is 12.3 Å². The summed E-state index contributed by atoms with van der Waals surface area (Å²) in [5.41, 5.74) is 4.29. The van der Waals surface area contributed by atoms with Gasteiger partial charge in [0.2, 0.25) is 0 Å². The first-order valence-electron chi connectivity index (χ1n) is 6.69. The number of hydrogen-bond donors (Lipinski definition) is 2. The van der Waals surface area contributed by atoms with Crippen LogP contribution in [-0.4, -0.2) is 15.3 Å². The Bertz CT molecular complexity index is 752. The van der Waals surface area contributed by atoms with Crippen molar-refractivity contribution in [2.75, 3.05) is 0 Å². The fourth-order valence-electron chi connectivity index (χ4n) is 2.30. The molecule has 0 aliphatic rings. The van der Waals surface area contributed by atoms with Gasteiger partial charge in [-0.1, -0.05) is 54.1 Å². The topological polar surface area (TPSA) is 48.9 Å². The lowest BCUT2D eigenvalue weighted by Gasteiger charge is -2.13. The maximum Gasteiger partial charge on any atom is 0.108 e. The molecule has 0 bridgehead atoms. The minimum absolute atomic E-state index is 0.649. The Labute approximate surface area is 128 Å². The molecule has 0 fully saturated rings. The molecule has 0 radical (unpaired) electrons. The Morgan fingerprint density at radius 2 is 1.90 bits per heavy atom. The first kappa shape index (κ1) is 13.9. The first-order chi connectivity index (χ1) is 10.2. The number of aliphatic hydroxyl groups excluding tert-OH is 1. The molecule has 3 nitrogen and oxygen atoms in total. The Hall–Kier alpha value is -2.10. The molecule has 2 N–H and O–H groups in total. The first-order valence-corrected chi connectivity index (χ1v) is 7.07. The minimum atomic E-state index is -0.767. The van der Waals surface area contributed by atoms with Crippen LogP contribution in [0.4, 0.5) is 0 Å². The number of nitrogens with zero attached hydrogens (tertiary/aromatic N) is 1. The smallest absolute Gasteiger partial charge is 0.108 e. The van der Waals surface area contributed by atoms with Crippen LogP contribution in [0.15, 0.2) is 54.7 Å². The van der Waals surface area contributed by atoms with Crippen LogP contribution in [0.25, 0.3) is 11.3 Å². The van der Waals surface area contributed by atoms with E-state index < -0.39 is 6.10 Å². The number of benzene rings is 2. The zero-order chi connectivity index (χ0) is 14.8. The van der Waals surface area contributed by atoms with Crippen molar-refractivity contribution in [3.8, 4) is 11.3 Å². The van der Waals surface area contributed by atoms with E-state index in [-0.39, 0.29) is 0 Å². The van der Waals surface area contributed by atoms with Crippen LogP contribution in [0.2, 0.25) is 5.02 Å². The predicted octanol–water partition coefficient (Wildman–Crippen LogP) is 4.12.